The number of fused-ring (bicyclic) bond motifs is 1. The number of carbonyl (C=O) groups is 1. The fraction of sp³-hybridized carbons (Fsp3) is 0.286. The maximum absolute atomic E-state index is 12.6. The van der Waals surface area contributed by atoms with Crippen LogP contribution >= 0.6 is 11.6 Å². The van der Waals surface area contributed by atoms with E-state index in [9.17, 15) is 13.2 Å². The molecule has 0 saturated heterocycles. The van der Waals surface area contributed by atoms with Crippen LogP contribution in [0.2, 0.25) is 5.02 Å². The zero-order chi connectivity index (χ0) is 21.2. The van der Waals surface area contributed by atoms with Crippen molar-refractivity contribution in [1.82, 2.24) is 4.31 Å². The SMILES string of the molecule is CCCCN(C)S(=O)(=O)c1ccc(NC(=O)c2oc3ccc(Cl)cc3c2C)cc1. The molecule has 0 bridgehead atoms. The summed E-state index contributed by atoms with van der Waals surface area (Å²) in [6.45, 7) is 4.27. The second kappa shape index (κ2) is 8.57. The van der Waals surface area contributed by atoms with E-state index in [2.05, 4.69) is 5.32 Å². The molecule has 0 radical (unpaired) electrons. The summed E-state index contributed by atoms with van der Waals surface area (Å²) in [6.07, 6.45) is 1.71. The molecular formula is C21H23ClN2O4S. The summed E-state index contributed by atoms with van der Waals surface area (Å²) < 4.78 is 32.2. The van der Waals surface area contributed by atoms with Gasteiger partial charge in [-0.05, 0) is 55.8 Å². The normalized spacial score (nSPS) is 11.9. The molecule has 0 fully saturated rings. The largest absolute Gasteiger partial charge is 0.451 e. The molecule has 1 heterocycles. The van der Waals surface area contributed by atoms with Crippen molar-refractivity contribution in [3.8, 4) is 0 Å². The zero-order valence-electron chi connectivity index (χ0n) is 16.5. The second-order valence-corrected chi connectivity index (χ2v) is 9.34. The number of unbranched alkanes of at least 4 members (excludes halogenated alkanes) is 1. The van der Waals surface area contributed by atoms with E-state index in [4.69, 9.17) is 16.0 Å². The van der Waals surface area contributed by atoms with Gasteiger partial charge < -0.3 is 9.73 Å². The van der Waals surface area contributed by atoms with E-state index >= 15 is 0 Å². The third kappa shape index (κ3) is 4.47. The van der Waals surface area contributed by atoms with Crippen molar-refractivity contribution < 1.29 is 17.6 Å². The predicted molar refractivity (Wildman–Crippen MR) is 115 cm³/mol. The summed E-state index contributed by atoms with van der Waals surface area (Å²) in [6, 6.07) is 11.3. The highest BCUT2D eigenvalue weighted by molar-refractivity contribution is 7.89. The second-order valence-electron chi connectivity index (χ2n) is 6.86. The Hall–Kier alpha value is -2.35. The fourth-order valence-electron chi connectivity index (χ4n) is 2.99. The van der Waals surface area contributed by atoms with Gasteiger partial charge in [-0.2, -0.15) is 0 Å². The van der Waals surface area contributed by atoms with Crippen LogP contribution in [-0.2, 0) is 10.0 Å². The van der Waals surface area contributed by atoms with Crippen LogP contribution in [0, 0.1) is 6.92 Å². The number of nitrogens with zero attached hydrogens (tertiary/aromatic N) is 1. The van der Waals surface area contributed by atoms with Crippen molar-refractivity contribution in [2.24, 2.45) is 0 Å². The van der Waals surface area contributed by atoms with Gasteiger partial charge in [0.25, 0.3) is 5.91 Å². The number of sulfonamides is 1. The predicted octanol–water partition coefficient (Wildman–Crippen LogP) is 5.07. The van der Waals surface area contributed by atoms with E-state index in [0.717, 1.165) is 18.2 Å². The van der Waals surface area contributed by atoms with Crippen molar-refractivity contribution in [3.63, 3.8) is 0 Å². The van der Waals surface area contributed by atoms with Gasteiger partial charge in [0.05, 0.1) is 4.90 Å². The monoisotopic (exact) mass is 434 g/mol. The number of halogens is 1. The first kappa shape index (κ1) is 21.4. The number of aryl methyl sites for hydroxylation is 1. The minimum atomic E-state index is -3.55. The number of rotatable bonds is 7. The highest BCUT2D eigenvalue weighted by Gasteiger charge is 2.21. The molecule has 8 heteroatoms. The first-order valence-corrected chi connectivity index (χ1v) is 11.1. The topological polar surface area (TPSA) is 79.6 Å². The summed E-state index contributed by atoms with van der Waals surface area (Å²) in [4.78, 5) is 12.8. The Balaban J connectivity index is 1.78. The summed E-state index contributed by atoms with van der Waals surface area (Å²) >= 11 is 6.02. The summed E-state index contributed by atoms with van der Waals surface area (Å²) in [5.74, 6) is -0.219. The van der Waals surface area contributed by atoms with Crippen molar-refractivity contribution >= 4 is 44.2 Å². The number of hydrogen-bond donors (Lipinski definition) is 1. The molecule has 6 nitrogen and oxygen atoms in total. The molecule has 0 aliphatic heterocycles. The number of hydrogen-bond acceptors (Lipinski definition) is 4. The Morgan fingerprint density at radius 1 is 1.17 bits per heavy atom. The fourth-order valence-corrected chi connectivity index (χ4v) is 4.37. The Bertz CT molecular complexity index is 1140. The molecular weight excluding hydrogens is 412 g/mol. The van der Waals surface area contributed by atoms with Gasteiger partial charge in [-0.25, -0.2) is 12.7 Å². The third-order valence-corrected chi connectivity index (χ3v) is 6.86. The van der Waals surface area contributed by atoms with Gasteiger partial charge in [0.1, 0.15) is 5.58 Å². The smallest absolute Gasteiger partial charge is 0.291 e. The molecule has 0 aliphatic carbocycles. The van der Waals surface area contributed by atoms with E-state index in [-0.39, 0.29) is 10.7 Å². The molecule has 1 amide bonds. The lowest BCUT2D eigenvalue weighted by Crippen LogP contribution is -2.27. The van der Waals surface area contributed by atoms with Gasteiger partial charge >= 0.3 is 0 Å². The lowest BCUT2D eigenvalue weighted by Gasteiger charge is -2.17. The van der Waals surface area contributed by atoms with Crippen molar-refractivity contribution in [2.75, 3.05) is 18.9 Å². The highest BCUT2D eigenvalue weighted by Crippen LogP contribution is 2.28. The Morgan fingerprint density at radius 2 is 1.86 bits per heavy atom. The number of amides is 1. The molecule has 2 aromatic carbocycles. The van der Waals surface area contributed by atoms with E-state index < -0.39 is 15.9 Å². The van der Waals surface area contributed by atoms with E-state index in [1.54, 1.807) is 44.3 Å². The van der Waals surface area contributed by atoms with Crippen LogP contribution in [0.4, 0.5) is 5.69 Å². The lowest BCUT2D eigenvalue weighted by molar-refractivity contribution is 0.0998. The van der Waals surface area contributed by atoms with Crippen molar-refractivity contribution in [2.45, 2.75) is 31.6 Å². The number of carbonyl (C=O) groups excluding carboxylic acids is 1. The van der Waals surface area contributed by atoms with Crippen LogP contribution in [0.5, 0.6) is 0 Å². The minimum Gasteiger partial charge on any atom is -0.451 e. The molecule has 3 aromatic rings. The number of benzene rings is 2. The van der Waals surface area contributed by atoms with Gasteiger partial charge in [0, 0.05) is 35.3 Å². The van der Waals surface area contributed by atoms with E-state index in [1.165, 1.54) is 16.4 Å². The van der Waals surface area contributed by atoms with Gasteiger partial charge in [-0.3, -0.25) is 4.79 Å². The molecule has 1 N–H and O–H groups in total. The minimum absolute atomic E-state index is 0.184. The molecule has 0 spiro atoms. The summed E-state index contributed by atoms with van der Waals surface area (Å²) in [7, 11) is -1.98. The first-order chi connectivity index (χ1) is 13.7. The van der Waals surface area contributed by atoms with Crippen molar-refractivity contribution in [3.05, 3.63) is 58.8 Å². The Labute approximate surface area is 175 Å². The standard InChI is InChI=1S/C21H23ClN2O4S/c1-4-5-12-24(3)29(26,27)17-9-7-16(8-10-17)23-21(25)20-14(2)18-13-15(22)6-11-19(18)28-20/h6-11,13H,4-5,12H2,1-3H3,(H,23,25). The maximum Gasteiger partial charge on any atom is 0.291 e. The molecule has 1 aromatic heterocycles. The zero-order valence-corrected chi connectivity index (χ0v) is 18.1. The maximum atomic E-state index is 12.6. The number of furan rings is 1. The van der Waals surface area contributed by atoms with Crippen LogP contribution in [0.3, 0.4) is 0 Å². The third-order valence-electron chi connectivity index (χ3n) is 4.75. The van der Waals surface area contributed by atoms with Crippen LogP contribution < -0.4 is 5.32 Å². The number of anilines is 1. The van der Waals surface area contributed by atoms with E-state index in [1.807, 2.05) is 6.92 Å². The van der Waals surface area contributed by atoms with Crippen LogP contribution in [0.25, 0.3) is 11.0 Å². The van der Waals surface area contributed by atoms with Crippen molar-refractivity contribution in [1.29, 1.82) is 0 Å². The van der Waals surface area contributed by atoms with Crippen LogP contribution in [0.15, 0.2) is 51.8 Å². The summed E-state index contributed by atoms with van der Waals surface area (Å²) in [5, 5.41) is 4.08. The molecule has 0 unspecified atom stereocenters. The molecule has 0 saturated carbocycles. The molecule has 3 rings (SSSR count). The molecule has 29 heavy (non-hydrogen) atoms. The van der Waals surface area contributed by atoms with Crippen LogP contribution in [-0.4, -0.2) is 32.2 Å². The van der Waals surface area contributed by atoms with Gasteiger partial charge in [0.2, 0.25) is 10.0 Å². The molecule has 0 atom stereocenters. The average molecular weight is 435 g/mol. The van der Waals surface area contributed by atoms with Gasteiger partial charge in [0.15, 0.2) is 5.76 Å². The van der Waals surface area contributed by atoms with Gasteiger partial charge in [-0.15, -0.1) is 0 Å². The summed E-state index contributed by atoms with van der Waals surface area (Å²) in [5.41, 5.74) is 1.74. The van der Waals surface area contributed by atoms with Crippen LogP contribution in [0.1, 0.15) is 35.9 Å². The Kier molecular flexibility index (Phi) is 6.31. The molecule has 0 aliphatic rings. The van der Waals surface area contributed by atoms with E-state index in [0.29, 0.717) is 28.4 Å². The average Bonchev–Trinajstić information content (AvgIpc) is 3.02. The Morgan fingerprint density at radius 3 is 2.52 bits per heavy atom. The molecule has 154 valence electrons. The quantitative estimate of drug-likeness (QED) is 0.563. The first-order valence-electron chi connectivity index (χ1n) is 9.30. The number of nitrogens with one attached hydrogen (secondary N) is 1. The van der Waals surface area contributed by atoms with Gasteiger partial charge in [-0.1, -0.05) is 24.9 Å². The highest BCUT2D eigenvalue weighted by atomic mass is 35.5. The lowest BCUT2D eigenvalue weighted by atomic mass is 10.1.